The highest BCUT2D eigenvalue weighted by atomic mass is 35.5. The number of anilines is 3. The first kappa shape index (κ1) is 29.6. The second-order valence-electron chi connectivity index (χ2n) is 10.0. The van der Waals surface area contributed by atoms with E-state index < -0.39 is 0 Å². The van der Waals surface area contributed by atoms with Crippen LogP contribution in [-0.4, -0.2) is 47.0 Å². The summed E-state index contributed by atoms with van der Waals surface area (Å²) in [6.45, 7) is 5.25. The molecule has 218 valence electrons. The molecule has 2 aromatic heterocycles. The van der Waals surface area contributed by atoms with E-state index in [0.29, 0.717) is 50.1 Å². The van der Waals surface area contributed by atoms with Crippen molar-refractivity contribution in [2.75, 3.05) is 30.8 Å². The van der Waals surface area contributed by atoms with Crippen molar-refractivity contribution in [1.29, 1.82) is 5.26 Å². The number of nitrogens with zero attached hydrogens (tertiary/aromatic N) is 4. The molecule has 0 unspecified atom stereocenters. The minimum Gasteiger partial charge on any atom is -0.487 e. The Kier molecular flexibility index (Phi) is 9.52. The van der Waals surface area contributed by atoms with Crippen LogP contribution in [0.5, 0.6) is 11.5 Å². The fourth-order valence-corrected chi connectivity index (χ4v) is 5.07. The van der Waals surface area contributed by atoms with Gasteiger partial charge in [0.05, 0.1) is 33.2 Å². The van der Waals surface area contributed by atoms with E-state index in [1.54, 1.807) is 42.6 Å². The van der Waals surface area contributed by atoms with Crippen LogP contribution in [0.1, 0.15) is 24.1 Å². The van der Waals surface area contributed by atoms with Gasteiger partial charge in [-0.15, -0.1) is 0 Å². The van der Waals surface area contributed by atoms with Gasteiger partial charge in [-0.25, -0.2) is 0 Å². The zero-order valence-corrected chi connectivity index (χ0v) is 24.5. The minimum atomic E-state index is -0.282. The Bertz CT molecular complexity index is 1700. The number of likely N-dealkylation sites (tertiary alicyclic amines) is 1. The SMILES string of the molecule is C=CCOc1cc2ncc(C#N)c(Nc3ccc(OCc4ccccn4)c(Cl)c3)c2cc1NC(=O)/C=C/[C@H]1CCCN1C. The molecule has 4 aromatic rings. The lowest BCUT2D eigenvalue weighted by molar-refractivity contribution is -0.112. The minimum absolute atomic E-state index is 0.232. The van der Waals surface area contributed by atoms with Gasteiger partial charge in [-0.1, -0.05) is 36.4 Å². The van der Waals surface area contributed by atoms with Gasteiger partial charge in [0.1, 0.15) is 30.8 Å². The first-order valence-corrected chi connectivity index (χ1v) is 14.2. The molecule has 1 fully saturated rings. The van der Waals surface area contributed by atoms with Crippen LogP contribution >= 0.6 is 11.6 Å². The highest BCUT2D eigenvalue weighted by molar-refractivity contribution is 6.32. The molecule has 2 N–H and O–H groups in total. The van der Waals surface area contributed by atoms with Crippen LogP contribution < -0.4 is 20.1 Å². The molecule has 1 aliphatic rings. The predicted molar refractivity (Wildman–Crippen MR) is 169 cm³/mol. The maximum Gasteiger partial charge on any atom is 0.248 e. The number of hydrogen-bond acceptors (Lipinski definition) is 8. The van der Waals surface area contributed by atoms with E-state index >= 15 is 0 Å². The average molecular weight is 595 g/mol. The fourth-order valence-electron chi connectivity index (χ4n) is 4.83. The van der Waals surface area contributed by atoms with Gasteiger partial charge in [0.25, 0.3) is 0 Å². The third kappa shape index (κ3) is 7.30. The summed E-state index contributed by atoms with van der Waals surface area (Å²) in [5.41, 5.74) is 3.27. The van der Waals surface area contributed by atoms with Crippen molar-refractivity contribution in [2.45, 2.75) is 25.5 Å². The van der Waals surface area contributed by atoms with Gasteiger partial charge in [0.15, 0.2) is 0 Å². The van der Waals surface area contributed by atoms with Gasteiger partial charge in [-0.05, 0) is 62.8 Å². The molecule has 5 rings (SSSR count). The van der Waals surface area contributed by atoms with Gasteiger partial charge in [0.2, 0.25) is 5.91 Å². The largest absolute Gasteiger partial charge is 0.487 e. The number of ether oxygens (including phenoxy) is 2. The zero-order valence-electron chi connectivity index (χ0n) is 23.7. The molecule has 9 nitrogen and oxygen atoms in total. The summed E-state index contributed by atoms with van der Waals surface area (Å²) in [6.07, 6.45) is 10.4. The number of carbonyl (C=O) groups is 1. The molecule has 10 heteroatoms. The molecule has 0 radical (unpaired) electrons. The van der Waals surface area contributed by atoms with Crippen molar-refractivity contribution < 1.29 is 14.3 Å². The summed E-state index contributed by atoms with van der Waals surface area (Å²) in [4.78, 5) is 23.9. The highest BCUT2D eigenvalue weighted by Gasteiger charge is 2.19. The number of pyridine rings is 2. The Morgan fingerprint density at radius 3 is 2.81 bits per heavy atom. The van der Waals surface area contributed by atoms with E-state index in [4.69, 9.17) is 21.1 Å². The topological polar surface area (TPSA) is 112 Å². The Morgan fingerprint density at radius 2 is 2.09 bits per heavy atom. The molecule has 0 aliphatic carbocycles. The second kappa shape index (κ2) is 13.8. The Hall–Kier alpha value is -4.91. The molecule has 1 atom stereocenters. The predicted octanol–water partition coefficient (Wildman–Crippen LogP) is 6.63. The van der Waals surface area contributed by atoms with Gasteiger partial charge in [-0.2, -0.15) is 5.26 Å². The number of hydrogen-bond donors (Lipinski definition) is 2. The molecule has 1 aliphatic heterocycles. The van der Waals surface area contributed by atoms with Crippen molar-refractivity contribution in [2.24, 2.45) is 0 Å². The van der Waals surface area contributed by atoms with Crippen LogP contribution in [-0.2, 0) is 11.4 Å². The molecular formula is C33H31ClN6O3. The summed E-state index contributed by atoms with van der Waals surface area (Å²) < 4.78 is 11.7. The summed E-state index contributed by atoms with van der Waals surface area (Å²) >= 11 is 6.55. The summed E-state index contributed by atoms with van der Waals surface area (Å²) in [5.74, 6) is 0.659. The van der Waals surface area contributed by atoms with Gasteiger partial charge in [0, 0.05) is 41.7 Å². The number of rotatable bonds is 11. The normalized spacial score (nSPS) is 14.9. The fraction of sp³-hybridized carbons (Fsp3) is 0.212. The van der Waals surface area contributed by atoms with E-state index in [1.807, 2.05) is 30.3 Å². The highest BCUT2D eigenvalue weighted by Crippen LogP contribution is 2.37. The number of likely N-dealkylation sites (N-methyl/N-ethyl adjacent to an activating group) is 1. The number of aromatic nitrogens is 2. The number of carbonyl (C=O) groups excluding carboxylic acids is 1. The first-order chi connectivity index (χ1) is 20.9. The van der Waals surface area contributed by atoms with Gasteiger partial charge in [-0.3, -0.25) is 19.7 Å². The van der Waals surface area contributed by atoms with E-state index in [1.165, 1.54) is 6.20 Å². The summed E-state index contributed by atoms with van der Waals surface area (Å²) in [7, 11) is 2.05. The molecule has 43 heavy (non-hydrogen) atoms. The molecule has 1 amide bonds. The Labute approximate surface area is 255 Å². The number of fused-ring (bicyclic) bond motifs is 1. The van der Waals surface area contributed by atoms with Crippen LogP contribution in [0.25, 0.3) is 10.9 Å². The maximum absolute atomic E-state index is 12.9. The van der Waals surface area contributed by atoms with E-state index in [9.17, 15) is 10.1 Å². The summed E-state index contributed by atoms with van der Waals surface area (Å²) in [6, 6.07) is 16.8. The smallest absolute Gasteiger partial charge is 0.248 e. The van der Waals surface area contributed by atoms with E-state index in [0.717, 1.165) is 25.1 Å². The molecule has 3 heterocycles. The van der Waals surface area contributed by atoms with E-state index in [2.05, 4.69) is 45.2 Å². The van der Waals surface area contributed by atoms with Crippen LogP contribution in [0.4, 0.5) is 17.1 Å². The molecule has 0 spiro atoms. The number of nitrogens with one attached hydrogen (secondary N) is 2. The third-order valence-electron chi connectivity index (χ3n) is 7.05. The van der Waals surface area contributed by atoms with Crippen molar-refractivity contribution in [3.63, 3.8) is 0 Å². The van der Waals surface area contributed by atoms with Gasteiger partial charge >= 0.3 is 0 Å². The number of benzene rings is 2. The molecule has 1 saturated heterocycles. The van der Waals surface area contributed by atoms with Crippen molar-refractivity contribution in [3.8, 4) is 17.6 Å². The third-order valence-corrected chi connectivity index (χ3v) is 7.35. The Balaban J connectivity index is 1.43. The van der Waals surface area contributed by atoms with Crippen LogP contribution in [0.2, 0.25) is 5.02 Å². The first-order valence-electron chi connectivity index (χ1n) is 13.8. The second-order valence-corrected chi connectivity index (χ2v) is 10.4. The van der Waals surface area contributed by atoms with Crippen LogP contribution in [0.15, 0.2) is 85.7 Å². The average Bonchev–Trinajstić information content (AvgIpc) is 3.43. The standard InChI is InChI=1S/C33H31ClN6O3/c1-3-15-42-31-18-28-26(17-29(31)39-32(41)12-10-25-8-6-14-40(25)2)33(22(19-35)20-37-28)38-23-9-11-30(27(34)16-23)43-21-24-7-4-5-13-36-24/h3-5,7,9-13,16-18,20,25H,1,6,8,14-15,21H2,2H3,(H,37,38)(H,39,41)/b12-10+/t25-/m1/s1. The maximum atomic E-state index is 12.9. The van der Waals surface area contributed by atoms with Crippen LogP contribution in [0.3, 0.4) is 0 Å². The zero-order chi connectivity index (χ0) is 30.2. The lowest BCUT2D eigenvalue weighted by atomic mass is 10.1. The number of nitriles is 1. The van der Waals surface area contributed by atoms with Crippen molar-refractivity contribution in [1.82, 2.24) is 14.9 Å². The number of halogens is 1. The monoisotopic (exact) mass is 594 g/mol. The van der Waals surface area contributed by atoms with Gasteiger partial charge < -0.3 is 20.1 Å². The molecular weight excluding hydrogens is 564 g/mol. The molecule has 2 aromatic carbocycles. The lowest BCUT2D eigenvalue weighted by Gasteiger charge is -2.17. The van der Waals surface area contributed by atoms with Crippen molar-refractivity contribution >= 4 is 45.5 Å². The molecule has 0 bridgehead atoms. The molecule has 0 saturated carbocycles. The Morgan fingerprint density at radius 1 is 1.21 bits per heavy atom. The van der Waals surface area contributed by atoms with E-state index in [-0.39, 0.29) is 25.2 Å². The quantitative estimate of drug-likeness (QED) is 0.147. The van der Waals surface area contributed by atoms with Crippen LogP contribution in [0, 0.1) is 11.3 Å². The lowest BCUT2D eigenvalue weighted by Crippen LogP contribution is -2.23. The number of amides is 1. The van der Waals surface area contributed by atoms with Crippen molar-refractivity contribution in [3.05, 3.63) is 102 Å². The summed E-state index contributed by atoms with van der Waals surface area (Å²) in [5, 5.41) is 17.2.